The predicted octanol–water partition coefficient (Wildman–Crippen LogP) is 2.35. The number of nitrogen functional groups attached to an aromatic ring is 1. The molecular weight excluding hydrogens is 266 g/mol. The van der Waals surface area contributed by atoms with Gasteiger partial charge in [-0.15, -0.1) is 0 Å². The normalized spacial score (nSPS) is 14.1. The SMILES string of the molecule is CCC(C)(COC)Nc1cc(=O)n(C)c2ccc(N)cc12. The molecule has 3 N–H and O–H groups in total. The fourth-order valence-corrected chi connectivity index (χ4v) is 2.45. The lowest BCUT2D eigenvalue weighted by Gasteiger charge is -2.30. The number of nitrogens with two attached hydrogens (primary N) is 1. The van der Waals surface area contributed by atoms with Crippen molar-refractivity contribution in [1.82, 2.24) is 4.57 Å². The van der Waals surface area contributed by atoms with E-state index in [0.29, 0.717) is 12.3 Å². The number of hydrogen-bond donors (Lipinski definition) is 2. The lowest BCUT2D eigenvalue weighted by atomic mass is 9.99. The number of aromatic nitrogens is 1. The number of pyridine rings is 1. The van der Waals surface area contributed by atoms with Gasteiger partial charge in [-0.2, -0.15) is 0 Å². The van der Waals surface area contributed by atoms with Gasteiger partial charge in [-0.3, -0.25) is 4.79 Å². The van der Waals surface area contributed by atoms with Crippen molar-refractivity contribution in [2.45, 2.75) is 25.8 Å². The number of aryl methyl sites for hydroxylation is 1. The van der Waals surface area contributed by atoms with Gasteiger partial charge in [0, 0.05) is 37.0 Å². The lowest BCUT2D eigenvalue weighted by molar-refractivity contribution is 0.148. The summed E-state index contributed by atoms with van der Waals surface area (Å²) in [7, 11) is 3.44. The molecule has 0 bridgehead atoms. The number of rotatable bonds is 5. The van der Waals surface area contributed by atoms with Gasteiger partial charge < -0.3 is 20.4 Å². The zero-order chi connectivity index (χ0) is 15.6. The number of ether oxygens (including phenoxy) is 1. The molecule has 2 aromatic rings. The van der Waals surface area contributed by atoms with E-state index in [1.54, 1.807) is 30.9 Å². The molecule has 1 heterocycles. The second kappa shape index (κ2) is 5.77. The van der Waals surface area contributed by atoms with Crippen LogP contribution in [0.1, 0.15) is 20.3 Å². The van der Waals surface area contributed by atoms with Crippen molar-refractivity contribution >= 4 is 22.3 Å². The number of nitrogens with zero attached hydrogens (tertiary/aromatic N) is 1. The van der Waals surface area contributed by atoms with Crippen LogP contribution in [-0.2, 0) is 11.8 Å². The zero-order valence-electron chi connectivity index (χ0n) is 13.1. The Labute approximate surface area is 124 Å². The molecule has 1 aromatic carbocycles. The standard InChI is InChI=1S/C16H23N3O2/c1-5-16(2,10-21-4)18-13-9-15(20)19(3)14-7-6-11(17)8-12(13)14/h6-9,18H,5,10,17H2,1-4H3. The van der Waals surface area contributed by atoms with Crippen LogP contribution in [0.2, 0.25) is 0 Å². The van der Waals surface area contributed by atoms with Crippen molar-refractivity contribution in [3.05, 3.63) is 34.6 Å². The van der Waals surface area contributed by atoms with E-state index in [1.807, 2.05) is 12.1 Å². The van der Waals surface area contributed by atoms with Gasteiger partial charge in [-0.05, 0) is 31.5 Å². The van der Waals surface area contributed by atoms with Crippen LogP contribution in [0, 0.1) is 0 Å². The van der Waals surface area contributed by atoms with Crippen LogP contribution in [0.15, 0.2) is 29.1 Å². The average molecular weight is 289 g/mol. The maximum Gasteiger partial charge on any atom is 0.252 e. The second-order valence-electron chi connectivity index (χ2n) is 5.70. The number of hydrogen-bond acceptors (Lipinski definition) is 4. The van der Waals surface area contributed by atoms with E-state index >= 15 is 0 Å². The minimum atomic E-state index is -0.237. The Kier molecular flexibility index (Phi) is 4.23. The van der Waals surface area contributed by atoms with Crippen molar-refractivity contribution in [2.24, 2.45) is 7.05 Å². The van der Waals surface area contributed by atoms with Gasteiger partial charge in [0.05, 0.1) is 17.7 Å². The molecule has 1 unspecified atom stereocenters. The van der Waals surface area contributed by atoms with E-state index in [-0.39, 0.29) is 11.1 Å². The first-order valence-electron chi connectivity index (χ1n) is 7.06. The fraction of sp³-hybridized carbons (Fsp3) is 0.438. The molecule has 0 saturated carbocycles. The van der Waals surface area contributed by atoms with Crippen LogP contribution in [0.4, 0.5) is 11.4 Å². The Morgan fingerprint density at radius 2 is 2.10 bits per heavy atom. The highest BCUT2D eigenvalue weighted by Crippen LogP contribution is 2.27. The summed E-state index contributed by atoms with van der Waals surface area (Å²) in [5.74, 6) is 0. The fourth-order valence-electron chi connectivity index (χ4n) is 2.45. The molecule has 0 fully saturated rings. The minimum Gasteiger partial charge on any atom is -0.399 e. The van der Waals surface area contributed by atoms with E-state index in [2.05, 4.69) is 19.2 Å². The molecule has 5 nitrogen and oxygen atoms in total. The third kappa shape index (κ3) is 3.03. The van der Waals surface area contributed by atoms with Gasteiger partial charge in [0.2, 0.25) is 0 Å². The van der Waals surface area contributed by atoms with Crippen LogP contribution in [-0.4, -0.2) is 23.8 Å². The lowest BCUT2D eigenvalue weighted by Crippen LogP contribution is -2.39. The zero-order valence-corrected chi connectivity index (χ0v) is 13.1. The summed E-state index contributed by atoms with van der Waals surface area (Å²) >= 11 is 0. The van der Waals surface area contributed by atoms with Crippen molar-refractivity contribution < 1.29 is 4.74 Å². The molecule has 1 atom stereocenters. The minimum absolute atomic E-state index is 0.0503. The van der Waals surface area contributed by atoms with Crippen LogP contribution in [0.25, 0.3) is 10.9 Å². The van der Waals surface area contributed by atoms with Crippen LogP contribution >= 0.6 is 0 Å². The summed E-state index contributed by atoms with van der Waals surface area (Å²) in [6.45, 7) is 4.72. The molecule has 0 aliphatic carbocycles. The second-order valence-corrected chi connectivity index (χ2v) is 5.70. The summed E-state index contributed by atoms with van der Waals surface area (Å²) < 4.78 is 6.91. The molecule has 2 rings (SSSR count). The smallest absolute Gasteiger partial charge is 0.252 e. The van der Waals surface area contributed by atoms with Crippen molar-refractivity contribution in [3.8, 4) is 0 Å². The van der Waals surface area contributed by atoms with E-state index in [9.17, 15) is 4.79 Å². The Balaban J connectivity index is 2.60. The van der Waals surface area contributed by atoms with E-state index in [0.717, 1.165) is 23.0 Å². The third-order valence-electron chi connectivity index (χ3n) is 3.95. The summed E-state index contributed by atoms with van der Waals surface area (Å²) in [5, 5.41) is 4.39. The third-order valence-corrected chi connectivity index (χ3v) is 3.95. The quantitative estimate of drug-likeness (QED) is 0.829. The van der Waals surface area contributed by atoms with Gasteiger partial charge in [0.25, 0.3) is 5.56 Å². The molecule has 5 heteroatoms. The Morgan fingerprint density at radius 1 is 1.38 bits per heavy atom. The molecule has 0 aliphatic heterocycles. The van der Waals surface area contributed by atoms with Gasteiger partial charge in [-0.1, -0.05) is 6.92 Å². The topological polar surface area (TPSA) is 69.3 Å². The maximum absolute atomic E-state index is 12.1. The molecule has 21 heavy (non-hydrogen) atoms. The van der Waals surface area contributed by atoms with E-state index in [4.69, 9.17) is 10.5 Å². The van der Waals surface area contributed by atoms with Crippen molar-refractivity contribution in [2.75, 3.05) is 24.8 Å². The molecule has 0 amide bonds. The molecular formula is C16H23N3O2. The monoisotopic (exact) mass is 289 g/mol. The maximum atomic E-state index is 12.1. The van der Waals surface area contributed by atoms with Gasteiger partial charge in [0.1, 0.15) is 0 Å². The summed E-state index contributed by atoms with van der Waals surface area (Å²) in [6, 6.07) is 7.18. The average Bonchev–Trinajstić information content (AvgIpc) is 2.44. The Morgan fingerprint density at radius 3 is 2.71 bits per heavy atom. The molecule has 1 aromatic heterocycles. The highest BCUT2D eigenvalue weighted by atomic mass is 16.5. The summed E-state index contributed by atoms with van der Waals surface area (Å²) in [4.78, 5) is 12.1. The number of nitrogens with one attached hydrogen (secondary N) is 1. The highest BCUT2D eigenvalue weighted by Gasteiger charge is 2.23. The van der Waals surface area contributed by atoms with Gasteiger partial charge in [0.15, 0.2) is 0 Å². The number of benzene rings is 1. The predicted molar refractivity (Wildman–Crippen MR) is 87.8 cm³/mol. The molecule has 114 valence electrons. The van der Waals surface area contributed by atoms with E-state index < -0.39 is 0 Å². The molecule has 0 saturated heterocycles. The molecule has 0 spiro atoms. The largest absolute Gasteiger partial charge is 0.399 e. The highest BCUT2D eigenvalue weighted by molar-refractivity contribution is 5.93. The summed E-state index contributed by atoms with van der Waals surface area (Å²) in [5.41, 5.74) is 7.93. The van der Waals surface area contributed by atoms with Crippen molar-refractivity contribution in [1.29, 1.82) is 0 Å². The Bertz CT molecular complexity index is 708. The van der Waals surface area contributed by atoms with Crippen LogP contribution < -0.4 is 16.6 Å². The first-order valence-corrected chi connectivity index (χ1v) is 7.06. The number of fused-ring (bicyclic) bond motifs is 1. The van der Waals surface area contributed by atoms with E-state index in [1.165, 1.54) is 0 Å². The summed E-state index contributed by atoms with van der Waals surface area (Å²) in [6.07, 6.45) is 0.875. The Hall–Kier alpha value is -2.01. The van der Waals surface area contributed by atoms with Gasteiger partial charge >= 0.3 is 0 Å². The first kappa shape index (κ1) is 15.4. The van der Waals surface area contributed by atoms with Crippen LogP contribution in [0.5, 0.6) is 0 Å². The number of anilines is 2. The number of methoxy groups -OCH3 is 1. The molecule has 0 aliphatic rings. The van der Waals surface area contributed by atoms with Crippen LogP contribution in [0.3, 0.4) is 0 Å². The van der Waals surface area contributed by atoms with Gasteiger partial charge in [-0.25, -0.2) is 0 Å². The molecule has 0 radical (unpaired) electrons. The first-order chi connectivity index (χ1) is 9.90. The van der Waals surface area contributed by atoms with Crippen molar-refractivity contribution in [3.63, 3.8) is 0 Å².